The minimum absolute atomic E-state index is 0.130. The summed E-state index contributed by atoms with van der Waals surface area (Å²) >= 11 is 0. The molecule has 0 radical (unpaired) electrons. The lowest BCUT2D eigenvalue weighted by molar-refractivity contribution is 0.0964. The van der Waals surface area contributed by atoms with Crippen LogP contribution in [0.2, 0.25) is 0 Å². The Morgan fingerprint density at radius 3 is 2.53 bits per heavy atom. The second-order valence-electron chi connectivity index (χ2n) is 4.66. The number of allylic oxidation sites excluding steroid dienone is 2. The smallest absolute Gasteiger partial charge is 0.208 e. The van der Waals surface area contributed by atoms with E-state index in [0.717, 1.165) is 0 Å². The molecule has 0 unspecified atom stereocenters. The third kappa shape index (κ3) is 1.42. The molecule has 1 aromatic rings. The first-order chi connectivity index (χ1) is 6.91. The van der Waals surface area contributed by atoms with Crippen molar-refractivity contribution in [3.05, 3.63) is 29.1 Å². The molecular formula is C11H12N2O2. The zero-order valence-electron chi connectivity index (χ0n) is 8.92. The lowest BCUT2D eigenvalue weighted by atomic mass is 9.79. The van der Waals surface area contributed by atoms with Crippen molar-refractivity contribution < 1.29 is 9.59 Å². The Balaban J connectivity index is 2.57. The second kappa shape index (κ2) is 2.89. The molecule has 0 spiro atoms. The van der Waals surface area contributed by atoms with Gasteiger partial charge in [-0.1, -0.05) is 20.8 Å². The summed E-state index contributed by atoms with van der Waals surface area (Å²) in [7, 11) is 0. The average Bonchev–Trinajstić information content (AvgIpc) is 2.58. The fourth-order valence-electron chi connectivity index (χ4n) is 1.61. The van der Waals surface area contributed by atoms with Crippen LogP contribution in [-0.4, -0.2) is 21.8 Å². The third-order valence-electron chi connectivity index (χ3n) is 2.46. The molecule has 0 bridgehead atoms. The topological polar surface area (TPSA) is 62.8 Å². The van der Waals surface area contributed by atoms with E-state index in [2.05, 4.69) is 10.2 Å². The van der Waals surface area contributed by atoms with Gasteiger partial charge in [0, 0.05) is 5.57 Å². The van der Waals surface area contributed by atoms with E-state index in [0.29, 0.717) is 16.8 Å². The molecule has 0 atom stereocenters. The highest BCUT2D eigenvalue weighted by Gasteiger charge is 2.33. The zero-order valence-corrected chi connectivity index (χ0v) is 8.92. The number of fused-ring (bicyclic) bond motifs is 1. The summed E-state index contributed by atoms with van der Waals surface area (Å²) in [6.45, 7) is 5.72. The molecule has 4 heteroatoms. The molecule has 0 saturated carbocycles. The molecule has 0 aliphatic heterocycles. The van der Waals surface area contributed by atoms with E-state index >= 15 is 0 Å². The first kappa shape index (κ1) is 9.83. The minimum atomic E-state index is -0.324. The van der Waals surface area contributed by atoms with Crippen LogP contribution in [0.25, 0.3) is 0 Å². The molecule has 1 aliphatic rings. The van der Waals surface area contributed by atoms with Crippen LogP contribution in [-0.2, 0) is 0 Å². The van der Waals surface area contributed by atoms with Crippen LogP contribution < -0.4 is 0 Å². The van der Waals surface area contributed by atoms with Gasteiger partial charge in [-0.2, -0.15) is 5.10 Å². The molecule has 1 aliphatic carbocycles. The maximum absolute atomic E-state index is 12.0. The molecule has 1 aromatic heterocycles. The fourth-order valence-corrected chi connectivity index (χ4v) is 1.61. The summed E-state index contributed by atoms with van der Waals surface area (Å²) < 4.78 is 0. The van der Waals surface area contributed by atoms with Crippen molar-refractivity contribution in [3.63, 3.8) is 0 Å². The van der Waals surface area contributed by atoms with Crippen LogP contribution in [0.1, 0.15) is 41.6 Å². The number of aromatic amines is 1. The number of hydrogen-bond acceptors (Lipinski definition) is 3. The molecule has 0 fully saturated rings. The van der Waals surface area contributed by atoms with Crippen LogP contribution in [0.15, 0.2) is 17.8 Å². The zero-order chi connectivity index (χ0) is 11.2. The van der Waals surface area contributed by atoms with Crippen molar-refractivity contribution in [2.75, 3.05) is 0 Å². The summed E-state index contributed by atoms with van der Waals surface area (Å²) in [5, 5.41) is 6.30. The molecule has 2 rings (SSSR count). The Kier molecular flexibility index (Phi) is 1.89. The highest BCUT2D eigenvalue weighted by atomic mass is 16.1. The monoisotopic (exact) mass is 204 g/mol. The first-order valence-corrected chi connectivity index (χ1v) is 4.76. The van der Waals surface area contributed by atoms with Crippen molar-refractivity contribution in [1.82, 2.24) is 10.2 Å². The van der Waals surface area contributed by atoms with Gasteiger partial charge in [0.2, 0.25) is 5.78 Å². The summed E-state index contributed by atoms with van der Waals surface area (Å²) in [4.78, 5) is 23.6. The molecular weight excluding hydrogens is 192 g/mol. The number of nitrogens with one attached hydrogen (secondary N) is 1. The van der Waals surface area contributed by atoms with Crippen LogP contribution in [0, 0.1) is 5.41 Å². The van der Waals surface area contributed by atoms with Gasteiger partial charge in [-0.15, -0.1) is 0 Å². The van der Waals surface area contributed by atoms with E-state index < -0.39 is 0 Å². The largest absolute Gasteiger partial charge is 0.289 e. The van der Waals surface area contributed by atoms with Gasteiger partial charge < -0.3 is 0 Å². The van der Waals surface area contributed by atoms with E-state index in [-0.39, 0.29) is 17.0 Å². The highest BCUT2D eigenvalue weighted by molar-refractivity contribution is 6.24. The number of nitrogens with zero attached hydrogens (tertiary/aromatic N) is 1. The van der Waals surface area contributed by atoms with Crippen LogP contribution in [0.3, 0.4) is 0 Å². The molecule has 78 valence electrons. The van der Waals surface area contributed by atoms with Gasteiger partial charge in [0.15, 0.2) is 5.78 Å². The van der Waals surface area contributed by atoms with Crippen molar-refractivity contribution in [1.29, 1.82) is 0 Å². The Morgan fingerprint density at radius 2 is 1.93 bits per heavy atom. The van der Waals surface area contributed by atoms with E-state index in [9.17, 15) is 9.59 Å². The molecule has 15 heavy (non-hydrogen) atoms. The fraction of sp³-hybridized carbons (Fsp3) is 0.364. The van der Waals surface area contributed by atoms with Crippen LogP contribution >= 0.6 is 0 Å². The Morgan fingerprint density at radius 1 is 1.27 bits per heavy atom. The van der Waals surface area contributed by atoms with Crippen molar-refractivity contribution in [2.45, 2.75) is 20.8 Å². The van der Waals surface area contributed by atoms with Crippen LogP contribution in [0.4, 0.5) is 0 Å². The Bertz CT molecular complexity index is 475. The van der Waals surface area contributed by atoms with Crippen LogP contribution in [0.5, 0.6) is 0 Å². The highest BCUT2D eigenvalue weighted by Crippen LogP contribution is 2.31. The van der Waals surface area contributed by atoms with Gasteiger partial charge in [-0.05, 0) is 11.5 Å². The van der Waals surface area contributed by atoms with Gasteiger partial charge in [0.25, 0.3) is 0 Å². The maximum Gasteiger partial charge on any atom is 0.208 e. The quantitative estimate of drug-likeness (QED) is 0.700. The lowest BCUT2D eigenvalue weighted by Gasteiger charge is -2.23. The standard InChI is InChI=1S/C11H12N2O2/c1-11(2,3)7-4-8(14)6-5-12-13-9(6)10(7)15/h4-5H,1-3H3,(H,12,13). The normalized spacial score (nSPS) is 16.3. The second-order valence-corrected chi connectivity index (χ2v) is 4.66. The van der Waals surface area contributed by atoms with Gasteiger partial charge in [-0.25, -0.2) is 0 Å². The van der Waals surface area contributed by atoms with Gasteiger partial charge >= 0.3 is 0 Å². The Labute approximate surface area is 87.4 Å². The van der Waals surface area contributed by atoms with E-state index in [4.69, 9.17) is 0 Å². The van der Waals surface area contributed by atoms with Crippen molar-refractivity contribution in [2.24, 2.45) is 5.41 Å². The van der Waals surface area contributed by atoms with Gasteiger partial charge in [0.1, 0.15) is 5.69 Å². The third-order valence-corrected chi connectivity index (χ3v) is 2.46. The summed E-state index contributed by atoms with van der Waals surface area (Å²) in [6.07, 6.45) is 2.81. The predicted molar refractivity (Wildman–Crippen MR) is 54.8 cm³/mol. The summed E-state index contributed by atoms with van der Waals surface area (Å²) in [5.41, 5.74) is 0.889. The number of carbonyl (C=O) groups is 2. The maximum atomic E-state index is 12.0. The van der Waals surface area contributed by atoms with E-state index in [1.165, 1.54) is 12.3 Å². The lowest BCUT2D eigenvalue weighted by Crippen LogP contribution is -2.24. The number of carbonyl (C=O) groups excluding carboxylic acids is 2. The van der Waals surface area contributed by atoms with E-state index in [1.807, 2.05) is 20.8 Å². The SMILES string of the molecule is CC(C)(C)C1=CC(=O)c2cn[nH]c2C1=O. The number of H-pyrrole nitrogens is 1. The van der Waals surface area contributed by atoms with Gasteiger partial charge in [-0.3, -0.25) is 14.7 Å². The molecule has 4 nitrogen and oxygen atoms in total. The van der Waals surface area contributed by atoms with Gasteiger partial charge in [0.05, 0.1) is 11.8 Å². The van der Waals surface area contributed by atoms with E-state index in [1.54, 1.807) is 0 Å². The minimum Gasteiger partial charge on any atom is -0.289 e. The molecule has 0 amide bonds. The Hall–Kier alpha value is -1.71. The summed E-state index contributed by atoms with van der Waals surface area (Å²) in [6, 6.07) is 0. The van der Waals surface area contributed by atoms with Crippen molar-refractivity contribution >= 4 is 11.6 Å². The number of aromatic nitrogens is 2. The summed E-state index contributed by atoms with van der Waals surface area (Å²) in [5.74, 6) is -0.280. The number of ketones is 2. The average molecular weight is 204 g/mol. The number of rotatable bonds is 0. The number of hydrogen-bond donors (Lipinski definition) is 1. The number of Topliss-reactive ketones (excluding diaryl/α,β-unsaturated/α-hetero) is 1. The molecule has 1 heterocycles. The predicted octanol–water partition coefficient (Wildman–Crippen LogP) is 1.76. The molecule has 1 N–H and O–H groups in total. The molecule has 0 aromatic carbocycles. The first-order valence-electron chi connectivity index (χ1n) is 4.76. The van der Waals surface area contributed by atoms with Crippen molar-refractivity contribution in [3.8, 4) is 0 Å². The molecule has 0 saturated heterocycles.